The van der Waals surface area contributed by atoms with Gasteiger partial charge in [0.15, 0.2) is 0 Å². The van der Waals surface area contributed by atoms with E-state index >= 15 is 0 Å². The van der Waals surface area contributed by atoms with Crippen molar-refractivity contribution >= 4 is 17.0 Å². The number of rotatable bonds is 2. The maximum Gasteiger partial charge on any atom is 0.243 e. The van der Waals surface area contributed by atoms with Gasteiger partial charge in [-0.25, -0.2) is 4.98 Å². The number of anilines is 1. The molecule has 4 rings (SSSR count). The monoisotopic (exact) mass is 242 g/mol. The number of hydrogen-bond donors (Lipinski definition) is 1. The Morgan fingerprint density at radius 2 is 2.00 bits per heavy atom. The predicted octanol–water partition coefficient (Wildman–Crippen LogP) is 1.76. The molecule has 2 aliphatic heterocycles. The van der Waals surface area contributed by atoms with Gasteiger partial charge in [-0.1, -0.05) is 12.1 Å². The first kappa shape index (κ1) is 10.2. The number of para-hydroxylation sites is 1. The van der Waals surface area contributed by atoms with E-state index in [4.69, 9.17) is 4.74 Å². The van der Waals surface area contributed by atoms with Gasteiger partial charge in [-0.3, -0.25) is 0 Å². The quantitative estimate of drug-likeness (QED) is 0.869. The zero-order chi connectivity index (χ0) is 11.9. The van der Waals surface area contributed by atoms with E-state index in [9.17, 15) is 0 Å². The lowest BCUT2D eigenvalue weighted by Crippen LogP contribution is -2.31. The number of fused-ring (bicyclic) bond motifs is 3. The van der Waals surface area contributed by atoms with Gasteiger partial charge in [0.05, 0.1) is 23.8 Å². The average Bonchev–Trinajstić information content (AvgIpc) is 3.01. The number of hydrogen-bond acceptors (Lipinski definition) is 5. The van der Waals surface area contributed by atoms with Crippen molar-refractivity contribution in [1.29, 1.82) is 0 Å². The van der Waals surface area contributed by atoms with Crippen LogP contribution in [0.25, 0.3) is 11.0 Å². The van der Waals surface area contributed by atoms with Gasteiger partial charge in [0.1, 0.15) is 5.52 Å². The highest BCUT2D eigenvalue weighted by atomic mass is 16.5. The smallest absolute Gasteiger partial charge is 0.243 e. The van der Waals surface area contributed by atoms with Crippen molar-refractivity contribution in [1.82, 2.24) is 15.2 Å². The molecule has 0 saturated carbocycles. The third-order valence-electron chi connectivity index (χ3n) is 3.78. The minimum Gasteiger partial charge on any atom is -0.373 e. The standard InChI is InChI=1S/C13H14N4O/c1-2-4-10-9(3-1)14-13(17-16-10)15-11-7-8-5-6-12(11)18-8/h1-4,8,11-12H,5-7H2,(H,14,15,17). The summed E-state index contributed by atoms with van der Waals surface area (Å²) >= 11 is 0. The van der Waals surface area contributed by atoms with Crippen LogP contribution in [0.5, 0.6) is 0 Å². The number of nitrogens with one attached hydrogen (secondary N) is 1. The first-order valence-corrected chi connectivity index (χ1v) is 6.40. The van der Waals surface area contributed by atoms with Gasteiger partial charge < -0.3 is 10.1 Å². The van der Waals surface area contributed by atoms with Crippen LogP contribution in [0.15, 0.2) is 24.3 Å². The second-order valence-corrected chi connectivity index (χ2v) is 4.98. The Balaban J connectivity index is 1.59. The van der Waals surface area contributed by atoms with E-state index in [1.165, 1.54) is 6.42 Å². The first-order chi connectivity index (χ1) is 8.88. The molecule has 0 aliphatic carbocycles. The molecule has 2 aliphatic rings. The molecule has 1 aromatic carbocycles. The Morgan fingerprint density at radius 1 is 1.11 bits per heavy atom. The third-order valence-corrected chi connectivity index (χ3v) is 3.78. The summed E-state index contributed by atoms with van der Waals surface area (Å²) in [5, 5.41) is 11.7. The Kier molecular flexibility index (Phi) is 2.20. The van der Waals surface area contributed by atoms with E-state index in [1.54, 1.807) is 0 Å². The van der Waals surface area contributed by atoms with Crippen molar-refractivity contribution in [3.05, 3.63) is 24.3 Å². The van der Waals surface area contributed by atoms with Crippen molar-refractivity contribution in [2.45, 2.75) is 37.5 Å². The fourth-order valence-electron chi connectivity index (χ4n) is 2.90. The Bertz CT molecular complexity index is 588. The van der Waals surface area contributed by atoms with Gasteiger partial charge in [0.25, 0.3) is 0 Å². The molecule has 2 bridgehead atoms. The van der Waals surface area contributed by atoms with Gasteiger partial charge in [0.2, 0.25) is 5.95 Å². The Morgan fingerprint density at radius 3 is 2.78 bits per heavy atom. The van der Waals surface area contributed by atoms with Crippen molar-refractivity contribution in [2.24, 2.45) is 0 Å². The summed E-state index contributed by atoms with van der Waals surface area (Å²) in [5.41, 5.74) is 1.70. The zero-order valence-electron chi connectivity index (χ0n) is 9.91. The highest BCUT2D eigenvalue weighted by Gasteiger charge is 2.41. The highest BCUT2D eigenvalue weighted by Crippen LogP contribution is 2.35. The maximum absolute atomic E-state index is 5.81. The number of nitrogens with zero attached hydrogens (tertiary/aromatic N) is 3. The zero-order valence-corrected chi connectivity index (χ0v) is 9.91. The third kappa shape index (κ3) is 1.62. The van der Waals surface area contributed by atoms with Crippen molar-refractivity contribution in [2.75, 3.05) is 5.32 Å². The molecule has 5 heteroatoms. The molecule has 1 aromatic heterocycles. The van der Waals surface area contributed by atoms with Crippen LogP contribution in [-0.4, -0.2) is 33.4 Å². The Labute approximate surface area is 105 Å². The average molecular weight is 242 g/mol. The lowest BCUT2D eigenvalue weighted by Gasteiger charge is -2.19. The maximum atomic E-state index is 5.81. The van der Waals surface area contributed by atoms with Gasteiger partial charge in [-0.05, 0) is 31.4 Å². The highest BCUT2D eigenvalue weighted by molar-refractivity contribution is 5.74. The topological polar surface area (TPSA) is 59.9 Å². The van der Waals surface area contributed by atoms with E-state index in [0.717, 1.165) is 23.9 Å². The molecular formula is C13H14N4O. The van der Waals surface area contributed by atoms with E-state index in [2.05, 4.69) is 20.5 Å². The summed E-state index contributed by atoms with van der Waals surface area (Å²) in [6, 6.07) is 8.11. The van der Waals surface area contributed by atoms with Crippen LogP contribution >= 0.6 is 0 Å². The molecular weight excluding hydrogens is 228 g/mol. The van der Waals surface area contributed by atoms with E-state index in [0.29, 0.717) is 24.2 Å². The SMILES string of the molecule is c1ccc2nc(NC3CC4CCC3O4)nnc2c1. The van der Waals surface area contributed by atoms with Gasteiger partial charge in [0, 0.05) is 0 Å². The minimum absolute atomic E-state index is 0.324. The molecule has 2 aromatic rings. The van der Waals surface area contributed by atoms with Crippen LogP contribution in [0.2, 0.25) is 0 Å². The molecule has 0 radical (unpaired) electrons. The molecule has 2 saturated heterocycles. The van der Waals surface area contributed by atoms with Crippen LogP contribution in [0.3, 0.4) is 0 Å². The summed E-state index contributed by atoms with van der Waals surface area (Å²) in [5.74, 6) is 0.606. The minimum atomic E-state index is 0.324. The fraction of sp³-hybridized carbons (Fsp3) is 0.462. The van der Waals surface area contributed by atoms with E-state index in [1.807, 2.05) is 24.3 Å². The number of benzene rings is 1. The summed E-state index contributed by atoms with van der Waals surface area (Å²) in [6.45, 7) is 0. The van der Waals surface area contributed by atoms with Crippen LogP contribution in [0.1, 0.15) is 19.3 Å². The molecule has 3 atom stereocenters. The molecule has 3 heterocycles. The molecule has 0 amide bonds. The number of ether oxygens (including phenoxy) is 1. The lowest BCUT2D eigenvalue weighted by atomic mass is 9.96. The summed E-state index contributed by atoms with van der Waals surface area (Å²) < 4.78 is 5.81. The second-order valence-electron chi connectivity index (χ2n) is 4.98. The molecule has 3 unspecified atom stereocenters. The number of aromatic nitrogens is 3. The predicted molar refractivity (Wildman–Crippen MR) is 67.3 cm³/mol. The van der Waals surface area contributed by atoms with Crippen LogP contribution < -0.4 is 5.32 Å². The molecule has 18 heavy (non-hydrogen) atoms. The molecule has 0 spiro atoms. The van der Waals surface area contributed by atoms with Gasteiger partial charge >= 0.3 is 0 Å². The van der Waals surface area contributed by atoms with E-state index in [-0.39, 0.29) is 0 Å². The lowest BCUT2D eigenvalue weighted by molar-refractivity contribution is 0.102. The molecule has 5 nitrogen and oxygen atoms in total. The van der Waals surface area contributed by atoms with Gasteiger partial charge in [-0.2, -0.15) is 0 Å². The summed E-state index contributed by atoms with van der Waals surface area (Å²) in [6.07, 6.45) is 4.15. The molecule has 92 valence electrons. The van der Waals surface area contributed by atoms with Crippen LogP contribution in [0, 0.1) is 0 Å². The van der Waals surface area contributed by atoms with Crippen molar-refractivity contribution in [3.63, 3.8) is 0 Å². The summed E-state index contributed by atoms with van der Waals surface area (Å²) in [4.78, 5) is 4.48. The normalized spacial score (nSPS) is 29.9. The second kappa shape index (κ2) is 3.88. The van der Waals surface area contributed by atoms with Gasteiger partial charge in [-0.15, -0.1) is 10.2 Å². The first-order valence-electron chi connectivity index (χ1n) is 6.40. The van der Waals surface area contributed by atoms with Crippen LogP contribution in [-0.2, 0) is 4.74 Å². The summed E-state index contributed by atoms with van der Waals surface area (Å²) in [7, 11) is 0. The molecule has 2 fully saturated rings. The molecule has 1 N–H and O–H groups in total. The van der Waals surface area contributed by atoms with Crippen molar-refractivity contribution < 1.29 is 4.74 Å². The van der Waals surface area contributed by atoms with Crippen LogP contribution in [0.4, 0.5) is 5.95 Å². The van der Waals surface area contributed by atoms with E-state index < -0.39 is 0 Å². The largest absolute Gasteiger partial charge is 0.373 e. The fourth-order valence-corrected chi connectivity index (χ4v) is 2.90. The Hall–Kier alpha value is -1.75. The van der Waals surface area contributed by atoms with Crippen molar-refractivity contribution in [3.8, 4) is 0 Å².